The quantitative estimate of drug-likeness (QED) is 0.750. The Hall–Kier alpha value is -2.14. The lowest BCUT2D eigenvalue weighted by Gasteiger charge is -2.32. The fourth-order valence-electron chi connectivity index (χ4n) is 5.06. The number of nitrogens with zero attached hydrogens (tertiary/aromatic N) is 2. The van der Waals surface area contributed by atoms with Gasteiger partial charge in [0.05, 0.1) is 0 Å². The van der Waals surface area contributed by atoms with Crippen LogP contribution in [0.2, 0.25) is 0 Å². The average Bonchev–Trinajstić information content (AvgIpc) is 3.45. The maximum Gasteiger partial charge on any atom is 0.249 e. The first kappa shape index (κ1) is 21.1. The van der Waals surface area contributed by atoms with E-state index in [1.54, 1.807) is 0 Å². The highest BCUT2D eigenvalue weighted by Crippen LogP contribution is 2.26. The van der Waals surface area contributed by atoms with Crippen LogP contribution < -0.4 is 5.32 Å². The van der Waals surface area contributed by atoms with Gasteiger partial charge in [-0.15, -0.1) is 0 Å². The summed E-state index contributed by atoms with van der Waals surface area (Å²) < 4.78 is 0. The molecular formula is C25H35N3O2. The molecule has 2 amide bonds. The Labute approximate surface area is 180 Å². The molecule has 1 aromatic rings. The van der Waals surface area contributed by atoms with Gasteiger partial charge in [-0.2, -0.15) is 0 Å². The summed E-state index contributed by atoms with van der Waals surface area (Å²) in [5, 5.41) is 3.25. The summed E-state index contributed by atoms with van der Waals surface area (Å²) in [5.41, 5.74) is 2.35. The highest BCUT2D eigenvalue weighted by atomic mass is 16.2. The fraction of sp³-hybridized carbons (Fsp3) is 0.600. The summed E-state index contributed by atoms with van der Waals surface area (Å²) in [6.45, 7) is 4.64. The molecule has 1 aliphatic carbocycles. The molecule has 162 valence electrons. The third-order valence-electron chi connectivity index (χ3n) is 6.88. The highest BCUT2D eigenvalue weighted by Gasteiger charge is 2.27. The van der Waals surface area contributed by atoms with Gasteiger partial charge in [-0.05, 0) is 56.4 Å². The summed E-state index contributed by atoms with van der Waals surface area (Å²) in [7, 11) is 0. The maximum atomic E-state index is 12.5. The maximum absolute atomic E-state index is 12.5. The van der Waals surface area contributed by atoms with E-state index in [-0.39, 0.29) is 17.9 Å². The first-order valence-electron chi connectivity index (χ1n) is 11.7. The number of hydrogen-bond acceptors (Lipinski definition) is 3. The van der Waals surface area contributed by atoms with Crippen LogP contribution in [0.25, 0.3) is 0 Å². The van der Waals surface area contributed by atoms with Gasteiger partial charge in [-0.25, -0.2) is 0 Å². The minimum atomic E-state index is 0.191. The third kappa shape index (κ3) is 5.72. The normalized spacial score (nSPS) is 22.9. The summed E-state index contributed by atoms with van der Waals surface area (Å²) in [6, 6.07) is 10.8. The zero-order valence-corrected chi connectivity index (χ0v) is 18.0. The molecule has 0 bridgehead atoms. The summed E-state index contributed by atoms with van der Waals surface area (Å²) >= 11 is 0. The second kappa shape index (κ2) is 10.3. The molecule has 5 heteroatoms. The van der Waals surface area contributed by atoms with E-state index in [0.717, 1.165) is 83.2 Å². The van der Waals surface area contributed by atoms with E-state index in [9.17, 15) is 9.59 Å². The molecule has 0 aromatic heterocycles. The van der Waals surface area contributed by atoms with E-state index >= 15 is 0 Å². The molecule has 1 unspecified atom stereocenters. The van der Waals surface area contributed by atoms with Gasteiger partial charge in [-0.1, -0.05) is 36.4 Å². The van der Waals surface area contributed by atoms with E-state index in [1.165, 1.54) is 5.56 Å². The smallest absolute Gasteiger partial charge is 0.249 e. The van der Waals surface area contributed by atoms with Crippen LogP contribution in [-0.2, 0) is 16.1 Å². The van der Waals surface area contributed by atoms with E-state index in [1.807, 2.05) is 11.0 Å². The van der Waals surface area contributed by atoms with E-state index in [0.29, 0.717) is 12.3 Å². The standard InChI is InChI=1S/C25H35N3O2/c29-24(26-23-14-15-27(19-23)18-21-6-2-1-3-7-21)11-10-20-12-16-28(17-13-20)25(30)22-8-4-5-9-22/h1-3,6-8,20,23H,4-5,9-19H2,(H,26,29). The lowest BCUT2D eigenvalue weighted by molar-refractivity contribution is -0.129. The lowest BCUT2D eigenvalue weighted by Crippen LogP contribution is -2.40. The number of nitrogens with one attached hydrogen (secondary N) is 1. The van der Waals surface area contributed by atoms with Gasteiger partial charge in [0.1, 0.15) is 0 Å². The van der Waals surface area contributed by atoms with E-state index < -0.39 is 0 Å². The minimum absolute atomic E-state index is 0.191. The van der Waals surface area contributed by atoms with Crippen molar-refractivity contribution in [1.82, 2.24) is 15.1 Å². The Morgan fingerprint density at radius 1 is 1.03 bits per heavy atom. The number of benzene rings is 1. The van der Waals surface area contributed by atoms with Gasteiger partial charge in [0.15, 0.2) is 0 Å². The highest BCUT2D eigenvalue weighted by molar-refractivity contribution is 5.93. The van der Waals surface area contributed by atoms with Crippen molar-refractivity contribution < 1.29 is 9.59 Å². The second-order valence-electron chi connectivity index (χ2n) is 9.17. The molecule has 1 N–H and O–H groups in total. The van der Waals surface area contributed by atoms with Gasteiger partial charge < -0.3 is 10.2 Å². The molecule has 30 heavy (non-hydrogen) atoms. The molecule has 4 rings (SSSR count). The topological polar surface area (TPSA) is 52.7 Å². The van der Waals surface area contributed by atoms with Crippen LogP contribution in [0.4, 0.5) is 0 Å². The Morgan fingerprint density at radius 2 is 1.83 bits per heavy atom. The molecule has 5 nitrogen and oxygen atoms in total. The van der Waals surface area contributed by atoms with Gasteiger partial charge in [-0.3, -0.25) is 14.5 Å². The molecule has 1 atom stereocenters. The number of carbonyl (C=O) groups excluding carboxylic acids is 2. The number of amides is 2. The SMILES string of the molecule is O=C(CCC1CCN(C(=O)C2=CCCC2)CC1)NC1CCN(Cc2ccccc2)C1. The average molecular weight is 410 g/mol. The van der Waals surface area contributed by atoms with Crippen molar-refractivity contribution in [2.45, 2.75) is 64.0 Å². The predicted octanol–water partition coefficient (Wildman–Crippen LogP) is 3.51. The fourth-order valence-corrected chi connectivity index (χ4v) is 5.06. The molecule has 0 radical (unpaired) electrons. The zero-order valence-electron chi connectivity index (χ0n) is 18.0. The number of hydrogen-bond donors (Lipinski definition) is 1. The van der Waals surface area contributed by atoms with Crippen molar-refractivity contribution in [1.29, 1.82) is 0 Å². The number of rotatable bonds is 7. The lowest BCUT2D eigenvalue weighted by atomic mass is 9.91. The van der Waals surface area contributed by atoms with Crippen LogP contribution in [0.15, 0.2) is 42.0 Å². The Balaban J connectivity index is 1.12. The molecule has 2 fully saturated rings. The van der Waals surface area contributed by atoms with E-state index in [2.05, 4.69) is 40.6 Å². The monoisotopic (exact) mass is 409 g/mol. The Bertz CT molecular complexity index is 753. The van der Waals surface area contributed by atoms with Crippen molar-refractivity contribution >= 4 is 11.8 Å². The first-order chi connectivity index (χ1) is 14.7. The number of allylic oxidation sites excluding steroid dienone is 1. The Kier molecular flexibility index (Phi) is 7.21. The molecule has 3 aliphatic rings. The third-order valence-corrected chi connectivity index (χ3v) is 6.88. The zero-order chi connectivity index (χ0) is 20.8. The number of likely N-dealkylation sites (tertiary alicyclic amines) is 2. The molecule has 2 saturated heterocycles. The molecule has 0 spiro atoms. The van der Waals surface area contributed by atoms with Crippen LogP contribution in [-0.4, -0.2) is 53.8 Å². The van der Waals surface area contributed by atoms with Gasteiger partial charge in [0.2, 0.25) is 11.8 Å². The first-order valence-corrected chi connectivity index (χ1v) is 11.7. The van der Waals surface area contributed by atoms with Crippen molar-refractivity contribution in [3.8, 4) is 0 Å². The molecule has 0 saturated carbocycles. The molecule has 1 aromatic carbocycles. The van der Waals surface area contributed by atoms with Crippen molar-refractivity contribution in [3.05, 3.63) is 47.5 Å². The van der Waals surface area contributed by atoms with Crippen LogP contribution in [0.1, 0.15) is 56.9 Å². The van der Waals surface area contributed by atoms with E-state index in [4.69, 9.17) is 0 Å². The minimum Gasteiger partial charge on any atom is -0.352 e. The molecular weight excluding hydrogens is 374 g/mol. The molecule has 2 aliphatic heterocycles. The largest absolute Gasteiger partial charge is 0.352 e. The predicted molar refractivity (Wildman–Crippen MR) is 119 cm³/mol. The summed E-state index contributed by atoms with van der Waals surface area (Å²) in [4.78, 5) is 29.4. The molecule has 2 heterocycles. The van der Waals surface area contributed by atoms with Crippen LogP contribution >= 0.6 is 0 Å². The number of piperidine rings is 1. The Morgan fingerprint density at radius 3 is 2.57 bits per heavy atom. The van der Waals surface area contributed by atoms with Crippen LogP contribution in [0.5, 0.6) is 0 Å². The second-order valence-corrected chi connectivity index (χ2v) is 9.17. The van der Waals surface area contributed by atoms with Crippen molar-refractivity contribution in [3.63, 3.8) is 0 Å². The van der Waals surface area contributed by atoms with Crippen LogP contribution in [0, 0.1) is 5.92 Å². The number of carbonyl (C=O) groups is 2. The van der Waals surface area contributed by atoms with Gasteiger partial charge in [0, 0.05) is 50.8 Å². The van der Waals surface area contributed by atoms with Crippen molar-refractivity contribution in [2.24, 2.45) is 5.92 Å². The van der Waals surface area contributed by atoms with Gasteiger partial charge >= 0.3 is 0 Å². The van der Waals surface area contributed by atoms with Crippen molar-refractivity contribution in [2.75, 3.05) is 26.2 Å². The summed E-state index contributed by atoms with van der Waals surface area (Å²) in [5.74, 6) is 1.01. The van der Waals surface area contributed by atoms with Gasteiger partial charge in [0.25, 0.3) is 0 Å². The summed E-state index contributed by atoms with van der Waals surface area (Å²) in [6.07, 6.45) is 9.88. The van der Waals surface area contributed by atoms with Crippen LogP contribution in [0.3, 0.4) is 0 Å².